The standard InChI is InChI=1S/C14H26N4O2S/c1-3-13(4-2)18-8-7-12(17-18)9-11-5-6-14(10-16-11)21(15,19)20/h7-8,11,13-14,16H,3-6,9-10H2,1-2H3,(H2,15,19,20). The predicted molar refractivity (Wildman–Crippen MR) is 83.5 cm³/mol. The van der Waals surface area contributed by atoms with Gasteiger partial charge in [0.15, 0.2) is 0 Å². The number of nitrogens with zero attached hydrogens (tertiary/aromatic N) is 2. The number of hydrogen-bond donors (Lipinski definition) is 2. The van der Waals surface area contributed by atoms with Crippen molar-refractivity contribution in [2.75, 3.05) is 6.54 Å². The van der Waals surface area contributed by atoms with Gasteiger partial charge in [-0.2, -0.15) is 5.10 Å². The van der Waals surface area contributed by atoms with Crippen LogP contribution in [0, 0.1) is 0 Å². The minimum atomic E-state index is -3.42. The normalized spacial score (nSPS) is 23.6. The van der Waals surface area contributed by atoms with Gasteiger partial charge in [0.25, 0.3) is 0 Å². The second kappa shape index (κ2) is 6.89. The molecule has 7 heteroatoms. The highest BCUT2D eigenvalue weighted by atomic mass is 32.2. The molecule has 1 saturated heterocycles. The van der Waals surface area contributed by atoms with E-state index in [9.17, 15) is 8.42 Å². The summed E-state index contributed by atoms with van der Waals surface area (Å²) in [6.45, 7) is 4.79. The van der Waals surface area contributed by atoms with Crippen molar-refractivity contribution in [2.24, 2.45) is 5.14 Å². The molecule has 1 aliphatic heterocycles. The maximum Gasteiger partial charge on any atom is 0.213 e. The largest absolute Gasteiger partial charge is 0.312 e. The lowest BCUT2D eigenvalue weighted by Crippen LogP contribution is -2.47. The van der Waals surface area contributed by atoms with Crippen molar-refractivity contribution >= 4 is 10.0 Å². The van der Waals surface area contributed by atoms with E-state index in [4.69, 9.17) is 5.14 Å². The summed E-state index contributed by atoms with van der Waals surface area (Å²) in [7, 11) is -3.42. The maximum absolute atomic E-state index is 11.3. The molecule has 1 fully saturated rings. The maximum atomic E-state index is 11.3. The summed E-state index contributed by atoms with van der Waals surface area (Å²) in [6, 6.07) is 2.81. The Balaban J connectivity index is 1.89. The van der Waals surface area contributed by atoms with Crippen LogP contribution in [-0.4, -0.2) is 36.0 Å². The third kappa shape index (κ3) is 4.28. The smallest absolute Gasteiger partial charge is 0.213 e. The van der Waals surface area contributed by atoms with Crippen LogP contribution >= 0.6 is 0 Å². The minimum Gasteiger partial charge on any atom is -0.312 e. The summed E-state index contributed by atoms with van der Waals surface area (Å²) < 4.78 is 24.7. The fraction of sp³-hybridized carbons (Fsp3) is 0.786. The van der Waals surface area contributed by atoms with Crippen molar-refractivity contribution in [3.63, 3.8) is 0 Å². The van der Waals surface area contributed by atoms with Gasteiger partial charge in [0.1, 0.15) is 0 Å². The summed E-state index contributed by atoms with van der Waals surface area (Å²) in [5.41, 5.74) is 1.06. The molecule has 21 heavy (non-hydrogen) atoms. The SMILES string of the molecule is CCC(CC)n1ccc(CC2CCC(S(N)(=O)=O)CN2)n1. The highest BCUT2D eigenvalue weighted by Crippen LogP contribution is 2.18. The zero-order chi connectivity index (χ0) is 15.5. The third-order valence-electron chi connectivity index (χ3n) is 4.37. The number of piperidine rings is 1. The topological polar surface area (TPSA) is 90.0 Å². The van der Waals surface area contributed by atoms with Crippen molar-refractivity contribution in [1.29, 1.82) is 0 Å². The zero-order valence-corrected chi connectivity index (χ0v) is 13.6. The molecule has 0 spiro atoms. The van der Waals surface area contributed by atoms with Gasteiger partial charge in [-0.15, -0.1) is 0 Å². The lowest BCUT2D eigenvalue weighted by molar-refractivity contribution is 0.387. The molecule has 0 saturated carbocycles. The van der Waals surface area contributed by atoms with Gasteiger partial charge in [0.05, 0.1) is 17.0 Å². The van der Waals surface area contributed by atoms with Gasteiger partial charge in [-0.05, 0) is 31.7 Å². The summed E-state index contributed by atoms with van der Waals surface area (Å²) in [5.74, 6) is 0. The molecule has 2 heterocycles. The Morgan fingerprint density at radius 1 is 1.43 bits per heavy atom. The molecular formula is C14H26N4O2S. The number of primary sulfonamides is 1. The molecule has 6 nitrogen and oxygen atoms in total. The van der Waals surface area contributed by atoms with Crippen LogP contribution < -0.4 is 10.5 Å². The fourth-order valence-corrected chi connectivity index (χ4v) is 3.74. The second-order valence-electron chi connectivity index (χ2n) is 5.86. The number of aromatic nitrogens is 2. The van der Waals surface area contributed by atoms with E-state index in [0.717, 1.165) is 31.4 Å². The molecule has 120 valence electrons. The Morgan fingerprint density at radius 3 is 2.67 bits per heavy atom. The van der Waals surface area contributed by atoms with Crippen molar-refractivity contribution < 1.29 is 8.42 Å². The molecule has 0 bridgehead atoms. The van der Waals surface area contributed by atoms with Gasteiger partial charge in [-0.1, -0.05) is 13.8 Å². The molecule has 2 atom stereocenters. The average Bonchev–Trinajstić information content (AvgIpc) is 2.88. The molecule has 0 amide bonds. The lowest BCUT2D eigenvalue weighted by Gasteiger charge is -2.28. The molecule has 1 aromatic rings. The molecule has 1 aromatic heterocycles. The minimum absolute atomic E-state index is 0.285. The van der Waals surface area contributed by atoms with Crippen LogP contribution in [0.5, 0.6) is 0 Å². The number of rotatable bonds is 6. The quantitative estimate of drug-likeness (QED) is 0.825. The predicted octanol–water partition coefficient (Wildman–Crippen LogP) is 1.20. The van der Waals surface area contributed by atoms with Crippen LogP contribution in [0.15, 0.2) is 12.3 Å². The van der Waals surface area contributed by atoms with Gasteiger partial charge in [0, 0.05) is 25.2 Å². The number of nitrogens with two attached hydrogens (primary N) is 1. The van der Waals surface area contributed by atoms with E-state index < -0.39 is 15.3 Å². The van der Waals surface area contributed by atoms with E-state index in [-0.39, 0.29) is 6.04 Å². The Hall–Kier alpha value is -0.920. The first-order chi connectivity index (χ1) is 9.94. The molecule has 0 aliphatic carbocycles. The van der Waals surface area contributed by atoms with Crippen LogP contribution in [0.2, 0.25) is 0 Å². The summed E-state index contributed by atoms with van der Waals surface area (Å²) in [4.78, 5) is 0. The van der Waals surface area contributed by atoms with Gasteiger partial charge in [0.2, 0.25) is 10.0 Å². The van der Waals surface area contributed by atoms with Crippen LogP contribution in [0.4, 0.5) is 0 Å². The van der Waals surface area contributed by atoms with Gasteiger partial charge in [-0.3, -0.25) is 4.68 Å². The van der Waals surface area contributed by atoms with Crippen LogP contribution in [0.1, 0.15) is 51.3 Å². The van der Waals surface area contributed by atoms with Crippen LogP contribution in [-0.2, 0) is 16.4 Å². The highest BCUT2D eigenvalue weighted by molar-refractivity contribution is 7.89. The Bertz CT molecular complexity index is 543. The Labute approximate surface area is 127 Å². The monoisotopic (exact) mass is 314 g/mol. The average molecular weight is 314 g/mol. The van der Waals surface area contributed by atoms with Crippen molar-refractivity contribution in [3.8, 4) is 0 Å². The van der Waals surface area contributed by atoms with Gasteiger partial charge >= 0.3 is 0 Å². The van der Waals surface area contributed by atoms with Crippen molar-refractivity contribution in [2.45, 2.75) is 63.3 Å². The first kappa shape index (κ1) is 16.5. The second-order valence-corrected chi connectivity index (χ2v) is 7.70. The Morgan fingerprint density at radius 2 is 2.14 bits per heavy atom. The lowest BCUT2D eigenvalue weighted by atomic mass is 10.0. The van der Waals surface area contributed by atoms with E-state index >= 15 is 0 Å². The number of nitrogens with one attached hydrogen (secondary N) is 1. The molecule has 1 aliphatic rings. The molecular weight excluding hydrogens is 288 g/mol. The first-order valence-electron chi connectivity index (χ1n) is 7.73. The van der Waals surface area contributed by atoms with E-state index in [0.29, 0.717) is 19.0 Å². The molecule has 2 unspecified atom stereocenters. The molecule has 0 radical (unpaired) electrons. The van der Waals surface area contributed by atoms with Crippen LogP contribution in [0.3, 0.4) is 0 Å². The number of sulfonamides is 1. The van der Waals surface area contributed by atoms with E-state index in [2.05, 4.69) is 30.3 Å². The molecule has 2 rings (SSSR count). The third-order valence-corrected chi connectivity index (χ3v) is 5.70. The summed E-state index contributed by atoms with van der Waals surface area (Å²) >= 11 is 0. The highest BCUT2D eigenvalue weighted by Gasteiger charge is 2.28. The van der Waals surface area contributed by atoms with Crippen LogP contribution in [0.25, 0.3) is 0 Å². The molecule has 0 aromatic carbocycles. The zero-order valence-electron chi connectivity index (χ0n) is 12.8. The van der Waals surface area contributed by atoms with E-state index in [1.165, 1.54) is 0 Å². The van der Waals surface area contributed by atoms with E-state index in [1.807, 2.05) is 10.9 Å². The fourth-order valence-electron chi connectivity index (χ4n) is 2.95. The Kier molecular flexibility index (Phi) is 5.40. The van der Waals surface area contributed by atoms with Crippen molar-refractivity contribution in [1.82, 2.24) is 15.1 Å². The van der Waals surface area contributed by atoms with Crippen molar-refractivity contribution in [3.05, 3.63) is 18.0 Å². The van der Waals surface area contributed by atoms with Gasteiger partial charge in [-0.25, -0.2) is 13.6 Å². The molecule has 3 N–H and O–H groups in total. The summed E-state index contributed by atoms with van der Waals surface area (Å²) in [5, 5.41) is 12.7. The van der Waals surface area contributed by atoms with E-state index in [1.54, 1.807) is 0 Å². The number of hydrogen-bond acceptors (Lipinski definition) is 4. The first-order valence-corrected chi connectivity index (χ1v) is 9.34. The van der Waals surface area contributed by atoms with Gasteiger partial charge < -0.3 is 5.32 Å². The summed E-state index contributed by atoms with van der Waals surface area (Å²) in [6.07, 6.45) is 6.49.